The van der Waals surface area contributed by atoms with Crippen molar-refractivity contribution in [3.8, 4) is 11.5 Å². The molecule has 0 aromatic heterocycles. The zero-order chi connectivity index (χ0) is 14.8. The van der Waals surface area contributed by atoms with Gasteiger partial charge in [-0.3, -0.25) is 0 Å². The minimum Gasteiger partial charge on any atom is -0.504 e. The SMILES string of the molecule is Oc1c(CCN2CCNCC2)ccc(C(F)(F)F)c1O. The van der Waals surface area contributed by atoms with Crippen molar-refractivity contribution >= 4 is 0 Å². The Morgan fingerprint density at radius 3 is 2.35 bits per heavy atom. The number of rotatable bonds is 3. The maximum atomic E-state index is 12.6. The molecule has 1 aromatic rings. The second kappa shape index (κ2) is 5.88. The van der Waals surface area contributed by atoms with Crippen LogP contribution in [0.5, 0.6) is 11.5 Å². The van der Waals surface area contributed by atoms with E-state index in [-0.39, 0.29) is 0 Å². The molecule has 0 aliphatic carbocycles. The fourth-order valence-electron chi connectivity index (χ4n) is 2.27. The first-order valence-corrected chi connectivity index (χ1v) is 6.43. The second-order valence-electron chi connectivity index (χ2n) is 4.81. The Balaban J connectivity index is 2.07. The Bertz CT molecular complexity index is 471. The summed E-state index contributed by atoms with van der Waals surface area (Å²) in [7, 11) is 0. The fraction of sp³-hybridized carbons (Fsp3) is 0.538. The smallest absolute Gasteiger partial charge is 0.420 e. The van der Waals surface area contributed by atoms with Crippen LogP contribution in [-0.2, 0) is 12.6 Å². The summed E-state index contributed by atoms with van der Waals surface area (Å²) >= 11 is 0. The number of nitrogens with zero attached hydrogens (tertiary/aromatic N) is 1. The van der Waals surface area contributed by atoms with Crippen LogP contribution >= 0.6 is 0 Å². The number of hydrogen-bond donors (Lipinski definition) is 3. The molecule has 0 saturated carbocycles. The van der Waals surface area contributed by atoms with Gasteiger partial charge in [0, 0.05) is 32.7 Å². The van der Waals surface area contributed by atoms with E-state index in [1.165, 1.54) is 6.07 Å². The standard InChI is InChI=1S/C13H17F3N2O2/c14-13(15,16)10-2-1-9(11(19)12(10)20)3-6-18-7-4-17-5-8-18/h1-2,17,19-20H,3-8H2. The number of phenolic OH excluding ortho intramolecular Hbond substituents is 2. The lowest BCUT2D eigenvalue weighted by Crippen LogP contribution is -2.44. The van der Waals surface area contributed by atoms with E-state index in [0.717, 1.165) is 32.2 Å². The van der Waals surface area contributed by atoms with Crippen molar-refractivity contribution in [1.29, 1.82) is 0 Å². The Kier molecular flexibility index (Phi) is 4.39. The summed E-state index contributed by atoms with van der Waals surface area (Å²) in [5.74, 6) is -1.76. The van der Waals surface area contributed by atoms with Gasteiger partial charge in [0.15, 0.2) is 11.5 Å². The topological polar surface area (TPSA) is 55.7 Å². The lowest BCUT2D eigenvalue weighted by atomic mass is 10.1. The molecule has 0 bridgehead atoms. The molecule has 1 heterocycles. The molecular weight excluding hydrogens is 273 g/mol. The monoisotopic (exact) mass is 290 g/mol. The van der Waals surface area contributed by atoms with E-state index in [1.807, 2.05) is 0 Å². The molecule has 1 aromatic carbocycles. The van der Waals surface area contributed by atoms with Gasteiger partial charge >= 0.3 is 6.18 Å². The quantitative estimate of drug-likeness (QED) is 0.740. The first-order valence-electron chi connectivity index (χ1n) is 6.43. The van der Waals surface area contributed by atoms with Crippen molar-refractivity contribution in [3.63, 3.8) is 0 Å². The van der Waals surface area contributed by atoms with Crippen LogP contribution in [0.15, 0.2) is 12.1 Å². The number of piperazine rings is 1. The molecule has 0 spiro atoms. The minimum absolute atomic E-state index is 0.328. The van der Waals surface area contributed by atoms with E-state index in [2.05, 4.69) is 10.2 Å². The molecule has 1 aliphatic heterocycles. The number of phenols is 2. The van der Waals surface area contributed by atoms with E-state index < -0.39 is 23.2 Å². The average Bonchev–Trinajstić information content (AvgIpc) is 2.40. The van der Waals surface area contributed by atoms with Crippen LogP contribution < -0.4 is 5.32 Å². The molecule has 1 fully saturated rings. The molecule has 3 N–H and O–H groups in total. The highest BCUT2D eigenvalue weighted by Crippen LogP contribution is 2.42. The van der Waals surface area contributed by atoms with Gasteiger partial charge in [0.2, 0.25) is 0 Å². The van der Waals surface area contributed by atoms with E-state index in [0.29, 0.717) is 18.5 Å². The first kappa shape index (κ1) is 14.9. The van der Waals surface area contributed by atoms with Gasteiger partial charge in [0.05, 0.1) is 0 Å². The molecule has 20 heavy (non-hydrogen) atoms. The largest absolute Gasteiger partial charge is 0.504 e. The highest BCUT2D eigenvalue weighted by atomic mass is 19.4. The van der Waals surface area contributed by atoms with Crippen molar-refractivity contribution in [3.05, 3.63) is 23.3 Å². The van der Waals surface area contributed by atoms with Crippen LogP contribution in [0.2, 0.25) is 0 Å². The third kappa shape index (κ3) is 3.34. The fourth-order valence-corrected chi connectivity index (χ4v) is 2.27. The zero-order valence-electron chi connectivity index (χ0n) is 10.9. The van der Waals surface area contributed by atoms with Crippen molar-refractivity contribution in [2.24, 2.45) is 0 Å². The molecule has 0 radical (unpaired) electrons. The van der Waals surface area contributed by atoms with Crippen molar-refractivity contribution in [2.45, 2.75) is 12.6 Å². The molecule has 0 amide bonds. The van der Waals surface area contributed by atoms with Crippen LogP contribution in [0.4, 0.5) is 13.2 Å². The lowest BCUT2D eigenvalue weighted by Gasteiger charge is -2.27. The highest BCUT2D eigenvalue weighted by Gasteiger charge is 2.35. The minimum atomic E-state index is -4.67. The van der Waals surface area contributed by atoms with Gasteiger partial charge in [-0.05, 0) is 18.1 Å². The first-order chi connectivity index (χ1) is 9.39. The molecular formula is C13H17F3N2O2. The zero-order valence-corrected chi connectivity index (χ0v) is 10.9. The average molecular weight is 290 g/mol. The summed E-state index contributed by atoms with van der Waals surface area (Å²) in [6.07, 6.45) is -4.27. The Morgan fingerprint density at radius 1 is 1.10 bits per heavy atom. The van der Waals surface area contributed by atoms with Gasteiger partial charge in [-0.2, -0.15) is 13.2 Å². The predicted molar refractivity (Wildman–Crippen MR) is 67.8 cm³/mol. The lowest BCUT2D eigenvalue weighted by molar-refractivity contribution is -0.138. The number of hydrogen-bond acceptors (Lipinski definition) is 4. The van der Waals surface area contributed by atoms with Crippen molar-refractivity contribution < 1.29 is 23.4 Å². The summed E-state index contributed by atoms with van der Waals surface area (Å²) < 4.78 is 37.7. The van der Waals surface area contributed by atoms with E-state index in [4.69, 9.17) is 0 Å². The van der Waals surface area contributed by atoms with E-state index in [9.17, 15) is 23.4 Å². The van der Waals surface area contributed by atoms with Crippen LogP contribution in [0.1, 0.15) is 11.1 Å². The van der Waals surface area contributed by atoms with Gasteiger partial charge < -0.3 is 20.4 Å². The normalized spacial score (nSPS) is 17.4. The number of nitrogens with one attached hydrogen (secondary N) is 1. The van der Waals surface area contributed by atoms with Gasteiger partial charge in [0.1, 0.15) is 5.56 Å². The summed E-state index contributed by atoms with van der Waals surface area (Å²) in [6.45, 7) is 4.13. The van der Waals surface area contributed by atoms with Crippen LogP contribution in [0, 0.1) is 0 Å². The van der Waals surface area contributed by atoms with Gasteiger partial charge in [-0.1, -0.05) is 6.07 Å². The van der Waals surface area contributed by atoms with Gasteiger partial charge in [-0.15, -0.1) is 0 Å². The molecule has 112 valence electrons. The summed E-state index contributed by atoms with van der Waals surface area (Å²) in [6, 6.07) is 2.03. The van der Waals surface area contributed by atoms with Crippen LogP contribution in [-0.4, -0.2) is 47.8 Å². The maximum absolute atomic E-state index is 12.6. The number of halogens is 3. The summed E-state index contributed by atoms with van der Waals surface area (Å²) in [4.78, 5) is 2.16. The molecule has 1 aliphatic rings. The molecule has 2 rings (SSSR count). The summed E-state index contributed by atoms with van der Waals surface area (Å²) in [5.41, 5.74) is -0.880. The predicted octanol–water partition coefficient (Wildman–Crippen LogP) is 1.56. The molecule has 1 saturated heterocycles. The van der Waals surface area contributed by atoms with Gasteiger partial charge in [-0.25, -0.2) is 0 Å². The maximum Gasteiger partial charge on any atom is 0.420 e. The Labute approximate surface area is 114 Å². The number of benzene rings is 1. The summed E-state index contributed by atoms with van der Waals surface area (Å²) in [5, 5.41) is 22.3. The molecule has 0 unspecified atom stereocenters. The highest BCUT2D eigenvalue weighted by molar-refractivity contribution is 5.51. The number of aromatic hydroxyl groups is 2. The Morgan fingerprint density at radius 2 is 1.75 bits per heavy atom. The van der Waals surface area contributed by atoms with Crippen molar-refractivity contribution in [2.75, 3.05) is 32.7 Å². The van der Waals surface area contributed by atoms with Gasteiger partial charge in [0.25, 0.3) is 0 Å². The third-order valence-electron chi connectivity index (χ3n) is 3.45. The van der Waals surface area contributed by atoms with Crippen molar-refractivity contribution in [1.82, 2.24) is 10.2 Å². The van der Waals surface area contributed by atoms with E-state index in [1.54, 1.807) is 0 Å². The van der Waals surface area contributed by atoms with Crippen LogP contribution in [0.25, 0.3) is 0 Å². The van der Waals surface area contributed by atoms with E-state index >= 15 is 0 Å². The second-order valence-corrected chi connectivity index (χ2v) is 4.81. The Hall–Kier alpha value is -1.47. The molecule has 7 heteroatoms. The number of alkyl halides is 3. The third-order valence-corrected chi connectivity index (χ3v) is 3.45. The molecule has 0 atom stereocenters. The molecule has 4 nitrogen and oxygen atoms in total. The van der Waals surface area contributed by atoms with Crippen LogP contribution in [0.3, 0.4) is 0 Å².